The van der Waals surface area contributed by atoms with Crippen LogP contribution in [0.2, 0.25) is 0 Å². The third kappa shape index (κ3) is 4.69. The molecule has 0 spiro atoms. The number of anilines is 2. The third-order valence-electron chi connectivity index (χ3n) is 4.53. The number of rotatable bonds is 3. The lowest BCUT2D eigenvalue weighted by Crippen LogP contribution is -2.52. The molecule has 8 heteroatoms. The molecule has 2 heterocycles. The van der Waals surface area contributed by atoms with Gasteiger partial charge in [0.2, 0.25) is 5.91 Å². The van der Waals surface area contributed by atoms with Crippen LogP contribution in [0.4, 0.5) is 16.3 Å². The van der Waals surface area contributed by atoms with Crippen LogP contribution in [0.15, 0.2) is 30.3 Å². The number of aryl methyl sites for hydroxylation is 1. The Bertz CT molecular complexity index is 866. The SMILES string of the molecule is Cc1ccc(NC(=O)Nc2cc(C(C)(C)C)nn2C2NC(=O)CC(C)N2)cc1. The van der Waals surface area contributed by atoms with Gasteiger partial charge in [-0.1, -0.05) is 38.5 Å². The standard InChI is InChI=1S/C20H28N6O2/c1-12-6-8-14(9-7-12)22-19(28)23-16-11-15(20(3,4)5)25-26(16)18-21-13(2)10-17(27)24-18/h6-9,11,13,18,21H,10H2,1-5H3,(H,24,27)(H2,22,23,28). The molecule has 8 nitrogen and oxygen atoms in total. The molecule has 1 aromatic heterocycles. The van der Waals surface area contributed by atoms with Crippen molar-refractivity contribution < 1.29 is 9.59 Å². The van der Waals surface area contributed by atoms with Crippen LogP contribution in [-0.2, 0) is 10.2 Å². The topological polar surface area (TPSA) is 100 Å². The lowest BCUT2D eigenvalue weighted by atomic mass is 9.92. The summed E-state index contributed by atoms with van der Waals surface area (Å²) in [5.41, 5.74) is 2.42. The molecule has 0 bridgehead atoms. The molecule has 150 valence electrons. The van der Waals surface area contributed by atoms with E-state index in [4.69, 9.17) is 0 Å². The number of urea groups is 1. The molecule has 0 radical (unpaired) electrons. The molecule has 1 aliphatic heterocycles. The van der Waals surface area contributed by atoms with Crippen LogP contribution < -0.4 is 21.3 Å². The van der Waals surface area contributed by atoms with Gasteiger partial charge in [0.15, 0.2) is 6.29 Å². The highest BCUT2D eigenvalue weighted by atomic mass is 16.2. The van der Waals surface area contributed by atoms with Gasteiger partial charge in [0.1, 0.15) is 5.82 Å². The molecule has 1 saturated heterocycles. The Morgan fingerprint density at radius 1 is 1.21 bits per heavy atom. The molecule has 1 aromatic carbocycles. The van der Waals surface area contributed by atoms with Crippen molar-refractivity contribution in [2.45, 2.75) is 58.8 Å². The predicted octanol–water partition coefficient (Wildman–Crippen LogP) is 3.09. The average molecular weight is 384 g/mol. The van der Waals surface area contributed by atoms with E-state index in [9.17, 15) is 9.59 Å². The highest BCUT2D eigenvalue weighted by Crippen LogP contribution is 2.26. The first-order chi connectivity index (χ1) is 13.1. The monoisotopic (exact) mass is 384 g/mol. The van der Waals surface area contributed by atoms with Crippen LogP contribution in [0.5, 0.6) is 0 Å². The van der Waals surface area contributed by atoms with Gasteiger partial charge in [0, 0.05) is 29.6 Å². The van der Waals surface area contributed by atoms with Crippen LogP contribution in [-0.4, -0.2) is 27.8 Å². The molecule has 3 rings (SSSR count). The number of carbonyl (C=O) groups is 2. The number of nitrogens with one attached hydrogen (secondary N) is 4. The minimum Gasteiger partial charge on any atom is -0.322 e. The molecule has 0 aliphatic carbocycles. The molecule has 4 N–H and O–H groups in total. The van der Waals surface area contributed by atoms with E-state index in [0.717, 1.165) is 11.3 Å². The zero-order chi connectivity index (χ0) is 20.5. The summed E-state index contributed by atoms with van der Waals surface area (Å²) in [5, 5.41) is 16.5. The zero-order valence-electron chi connectivity index (χ0n) is 17.0. The van der Waals surface area contributed by atoms with Gasteiger partial charge in [-0.3, -0.25) is 15.4 Å². The Kier molecular flexibility index (Phi) is 5.42. The van der Waals surface area contributed by atoms with Crippen molar-refractivity contribution >= 4 is 23.4 Å². The number of hydrogen-bond acceptors (Lipinski definition) is 4. The first-order valence-corrected chi connectivity index (χ1v) is 9.42. The van der Waals surface area contributed by atoms with Crippen molar-refractivity contribution in [3.8, 4) is 0 Å². The normalized spacial score (nSPS) is 19.8. The molecule has 2 aromatic rings. The molecule has 1 aliphatic rings. The van der Waals surface area contributed by atoms with Crippen LogP contribution >= 0.6 is 0 Å². The smallest absolute Gasteiger partial charge is 0.322 e. The maximum atomic E-state index is 12.5. The second-order valence-corrected chi connectivity index (χ2v) is 8.30. The lowest BCUT2D eigenvalue weighted by Gasteiger charge is -2.30. The summed E-state index contributed by atoms with van der Waals surface area (Å²) < 4.78 is 1.61. The van der Waals surface area contributed by atoms with Gasteiger partial charge < -0.3 is 10.6 Å². The highest BCUT2D eigenvalue weighted by molar-refractivity contribution is 5.99. The number of amides is 3. The van der Waals surface area contributed by atoms with Crippen LogP contribution in [0.1, 0.15) is 51.7 Å². The molecule has 0 saturated carbocycles. The van der Waals surface area contributed by atoms with E-state index in [1.807, 2.05) is 65.0 Å². The first kappa shape index (κ1) is 19.9. The predicted molar refractivity (Wildman–Crippen MR) is 109 cm³/mol. The maximum Gasteiger partial charge on any atom is 0.324 e. The maximum absolute atomic E-state index is 12.5. The summed E-state index contributed by atoms with van der Waals surface area (Å²) in [6.45, 7) is 10.1. The summed E-state index contributed by atoms with van der Waals surface area (Å²) in [6.07, 6.45) is -0.123. The van der Waals surface area contributed by atoms with Gasteiger partial charge in [-0.25, -0.2) is 9.48 Å². The van der Waals surface area contributed by atoms with E-state index >= 15 is 0 Å². The van der Waals surface area contributed by atoms with Gasteiger partial charge in [0.05, 0.1) is 5.69 Å². The van der Waals surface area contributed by atoms with Crippen LogP contribution in [0, 0.1) is 6.92 Å². The van der Waals surface area contributed by atoms with Crippen molar-refractivity contribution in [2.75, 3.05) is 10.6 Å². The van der Waals surface area contributed by atoms with Crippen LogP contribution in [0.25, 0.3) is 0 Å². The molecule has 1 fully saturated rings. The average Bonchev–Trinajstić information content (AvgIpc) is 3.00. The van der Waals surface area contributed by atoms with Crippen LogP contribution in [0.3, 0.4) is 0 Å². The molecule has 3 amide bonds. The van der Waals surface area contributed by atoms with E-state index < -0.39 is 6.29 Å². The lowest BCUT2D eigenvalue weighted by molar-refractivity contribution is -0.125. The van der Waals surface area contributed by atoms with Crippen molar-refractivity contribution in [1.29, 1.82) is 0 Å². The van der Waals surface area contributed by atoms with Crippen molar-refractivity contribution in [1.82, 2.24) is 20.4 Å². The second kappa shape index (κ2) is 7.63. The Morgan fingerprint density at radius 2 is 1.89 bits per heavy atom. The van der Waals surface area contributed by atoms with Gasteiger partial charge in [-0.15, -0.1) is 0 Å². The summed E-state index contributed by atoms with van der Waals surface area (Å²) in [5.74, 6) is 0.445. The minimum atomic E-state index is -0.526. The van der Waals surface area contributed by atoms with Crippen molar-refractivity contribution in [3.05, 3.63) is 41.6 Å². The Balaban J connectivity index is 1.84. The first-order valence-electron chi connectivity index (χ1n) is 9.42. The summed E-state index contributed by atoms with van der Waals surface area (Å²) in [7, 11) is 0. The summed E-state index contributed by atoms with van der Waals surface area (Å²) in [4.78, 5) is 24.5. The van der Waals surface area contributed by atoms with E-state index in [1.165, 1.54) is 0 Å². The number of hydrogen-bond donors (Lipinski definition) is 4. The van der Waals surface area contributed by atoms with E-state index in [2.05, 4.69) is 26.4 Å². The zero-order valence-corrected chi connectivity index (χ0v) is 17.0. The molecular formula is C20H28N6O2. The summed E-state index contributed by atoms with van der Waals surface area (Å²) >= 11 is 0. The van der Waals surface area contributed by atoms with E-state index in [-0.39, 0.29) is 23.4 Å². The minimum absolute atomic E-state index is 0.00951. The van der Waals surface area contributed by atoms with Crippen molar-refractivity contribution in [3.63, 3.8) is 0 Å². The second-order valence-electron chi connectivity index (χ2n) is 8.30. The van der Waals surface area contributed by atoms with Gasteiger partial charge >= 0.3 is 6.03 Å². The molecule has 2 atom stereocenters. The summed E-state index contributed by atoms with van der Waals surface area (Å²) in [6, 6.07) is 9.02. The van der Waals surface area contributed by atoms with Gasteiger partial charge in [-0.2, -0.15) is 5.10 Å². The number of benzene rings is 1. The fraction of sp³-hybridized carbons (Fsp3) is 0.450. The third-order valence-corrected chi connectivity index (χ3v) is 4.53. The van der Waals surface area contributed by atoms with E-state index in [1.54, 1.807) is 4.68 Å². The van der Waals surface area contributed by atoms with Gasteiger partial charge in [-0.05, 0) is 26.0 Å². The highest BCUT2D eigenvalue weighted by Gasteiger charge is 2.29. The molecule has 2 unspecified atom stereocenters. The Hall–Kier alpha value is -2.87. The largest absolute Gasteiger partial charge is 0.324 e. The fourth-order valence-corrected chi connectivity index (χ4v) is 2.96. The fourth-order valence-electron chi connectivity index (χ4n) is 2.96. The molecular weight excluding hydrogens is 356 g/mol. The van der Waals surface area contributed by atoms with Gasteiger partial charge in [0.25, 0.3) is 0 Å². The number of carbonyl (C=O) groups excluding carboxylic acids is 2. The van der Waals surface area contributed by atoms with Crippen molar-refractivity contribution in [2.24, 2.45) is 0 Å². The van der Waals surface area contributed by atoms with E-state index in [0.29, 0.717) is 17.9 Å². The Morgan fingerprint density at radius 3 is 2.50 bits per heavy atom. The quantitative estimate of drug-likeness (QED) is 0.653. The number of aromatic nitrogens is 2. The Labute approximate surface area is 165 Å². The number of nitrogens with zero attached hydrogens (tertiary/aromatic N) is 2. The molecule has 28 heavy (non-hydrogen) atoms.